The molecule has 0 fully saturated rings. The third-order valence-corrected chi connectivity index (χ3v) is 5.62. The molecule has 0 spiro atoms. The van der Waals surface area contributed by atoms with Crippen LogP contribution in [0.15, 0.2) is 47.4 Å². The number of hydrogen-bond acceptors (Lipinski definition) is 5. The number of halogens is 1. The van der Waals surface area contributed by atoms with Gasteiger partial charge in [-0.3, -0.25) is 9.59 Å². The first kappa shape index (κ1) is 17.6. The summed E-state index contributed by atoms with van der Waals surface area (Å²) in [6.45, 7) is 1.29. The standard InChI is InChI=1S/C18H16ClNO4S/c1-10(21)24-15-16(11-6-8-12(23-2)9-7-11)25-17-13(19)4-3-5-14(17)20-18(15)22/h3-9,15-16H,1-2H3,(H,20,22). The Hall–Kier alpha value is -2.18. The lowest BCUT2D eigenvalue weighted by molar-refractivity contribution is -0.152. The molecule has 2 unspecified atom stereocenters. The summed E-state index contributed by atoms with van der Waals surface area (Å²) in [6, 6.07) is 12.6. The number of thioether (sulfide) groups is 1. The predicted octanol–water partition coefficient (Wildman–Crippen LogP) is 4.07. The Morgan fingerprint density at radius 3 is 2.56 bits per heavy atom. The number of carbonyl (C=O) groups is 2. The summed E-state index contributed by atoms with van der Waals surface area (Å²) in [5.74, 6) is -0.199. The predicted molar refractivity (Wildman–Crippen MR) is 97.2 cm³/mol. The van der Waals surface area contributed by atoms with E-state index in [1.165, 1.54) is 18.7 Å². The second-order valence-electron chi connectivity index (χ2n) is 5.45. The van der Waals surface area contributed by atoms with Crippen molar-refractivity contribution in [1.82, 2.24) is 0 Å². The van der Waals surface area contributed by atoms with Crippen LogP contribution in [0, 0.1) is 0 Å². The van der Waals surface area contributed by atoms with Crippen molar-refractivity contribution < 1.29 is 19.1 Å². The molecule has 130 valence electrons. The highest BCUT2D eigenvalue weighted by Crippen LogP contribution is 2.47. The molecule has 0 aliphatic carbocycles. The van der Waals surface area contributed by atoms with Crippen LogP contribution in [0.4, 0.5) is 5.69 Å². The molecule has 0 bridgehead atoms. The van der Waals surface area contributed by atoms with Gasteiger partial charge in [0.2, 0.25) is 0 Å². The van der Waals surface area contributed by atoms with Crippen LogP contribution in [0.1, 0.15) is 17.7 Å². The largest absolute Gasteiger partial charge is 0.497 e. The van der Waals surface area contributed by atoms with Gasteiger partial charge in [0, 0.05) is 6.92 Å². The molecule has 5 nitrogen and oxygen atoms in total. The number of esters is 1. The number of rotatable bonds is 3. The number of amides is 1. The van der Waals surface area contributed by atoms with Crippen molar-refractivity contribution in [1.29, 1.82) is 0 Å². The molecule has 1 N–H and O–H groups in total. The van der Waals surface area contributed by atoms with Crippen molar-refractivity contribution in [2.75, 3.05) is 12.4 Å². The zero-order valence-corrected chi connectivity index (χ0v) is 15.2. The van der Waals surface area contributed by atoms with E-state index in [1.807, 2.05) is 12.1 Å². The minimum Gasteiger partial charge on any atom is -0.497 e. The third-order valence-electron chi connectivity index (χ3n) is 3.74. The van der Waals surface area contributed by atoms with Crippen LogP contribution >= 0.6 is 23.4 Å². The molecule has 1 aliphatic rings. The number of fused-ring (bicyclic) bond motifs is 1. The molecule has 2 atom stereocenters. The van der Waals surface area contributed by atoms with E-state index in [-0.39, 0.29) is 5.91 Å². The SMILES string of the molecule is COc1ccc(C2Sc3c(Cl)cccc3NC(=O)C2OC(C)=O)cc1. The molecule has 0 radical (unpaired) electrons. The van der Waals surface area contributed by atoms with Gasteiger partial charge in [-0.1, -0.05) is 29.8 Å². The number of nitrogens with one attached hydrogen (secondary N) is 1. The first-order valence-electron chi connectivity index (χ1n) is 7.57. The first-order valence-corrected chi connectivity index (χ1v) is 8.82. The summed E-state index contributed by atoms with van der Waals surface area (Å²) in [6.07, 6.45) is -0.973. The number of anilines is 1. The molecule has 3 rings (SSSR count). The lowest BCUT2D eigenvalue weighted by Gasteiger charge is -2.23. The van der Waals surface area contributed by atoms with Gasteiger partial charge in [-0.2, -0.15) is 0 Å². The van der Waals surface area contributed by atoms with Gasteiger partial charge in [0.25, 0.3) is 5.91 Å². The van der Waals surface area contributed by atoms with Crippen LogP contribution in [0.3, 0.4) is 0 Å². The Morgan fingerprint density at radius 2 is 1.92 bits per heavy atom. The van der Waals surface area contributed by atoms with Gasteiger partial charge in [-0.05, 0) is 29.8 Å². The maximum atomic E-state index is 12.7. The van der Waals surface area contributed by atoms with Crippen LogP contribution < -0.4 is 10.1 Å². The number of hydrogen-bond donors (Lipinski definition) is 1. The zero-order chi connectivity index (χ0) is 18.0. The van der Waals surface area contributed by atoms with E-state index < -0.39 is 17.3 Å². The molecule has 1 amide bonds. The van der Waals surface area contributed by atoms with Crippen molar-refractivity contribution in [3.8, 4) is 5.75 Å². The minimum atomic E-state index is -0.973. The molecule has 0 aromatic heterocycles. The molecule has 0 saturated carbocycles. The molecular weight excluding hydrogens is 362 g/mol. The van der Waals surface area contributed by atoms with Gasteiger partial charge in [0.1, 0.15) is 5.75 Å². The van der Waals surface area contributed by atoms with E-state index >= 15 is 0 Å². The molecule has 7 heteroatoms. The van der Waals surface area contributed by atoms with E-state index in [9.17, 15) is 9.59 Å². The Bertz CT molecular complexity index is 809. The van der Waals surface area contributed by atoms with Crippen molar-refractivity contribution in [2.45, 2.75) is 23.2 Å². The number of benzene rings is 2. The smallest absolute Gasteiger partial charge is 0.303 e. The van der Waals surface area contributed by atoms with E-state index in [0.717, 1.165) is 10.5 Å². The quantitative estimate of drug-likeness (QED) is 0.817. The average Bonchev–Trinajstić information content (AvgIpc) is 2.73. The van der Waals surface area contributed by atoms with E-state index in [2.05, 4.69) is 5.32 Å². The normalized spacial score (nSPS) is 19.4. The van der Waals surface area contributed by atoms with Crippen LogP contribution in [0.2, 0.25) is 5.02 Å². The number of carbonyl (C=O) groups excluding carboxylic acids is 2. The average molecular weight is 378 g/mol. The topological polar surface area (TPSA) is 64.6 Å². The Morgan fingerprint density at radius 1 is 1.20 bits per heavy atom. The van der Waals surface area contributed by atoms with Crippen molar-refractivity contribution in [3.05, 3.63) is 53.1 Å². The van der Waals surface area contributed by atoms with Gasteiger partial charge in [-0.25, -0.2) is 0 Å². The second kappa shape index (κ2) is 7.37. The molecule has 1 heterocycles. The second-order valence-corrected chi connectivity index (χ2v) is 7.01. The molecule has 2 aromatic rings. The van der Waals surface area contributed by atoms with E-state index in [4.69, 9.17) is 21.1 Å². The van der Waals surface area contributed by atoms with Crippen LogP contribution in [0.5, 0.6) is 5.75 Å². The monoisotopic (exact) mass is 377 g/mol. The van der Waals surface area contributed by atoms with Gasteiger partial charge in [-0.15, -0.1) is 11.8 Å². The number of ether oxygens (including phenoxy) is 2. The summed E-state index contributed by atoms with van der Waals surface area (Å²) in [5, 5.41) is 2.89. The highest BCUT2D eigenvalue weighted by atomic mass is 35.5. The fourth-order valence-electron chi connectivity index (χ4n) is 2.59. The maximum Gasteiger partial charge on any atom is 0.303 e. The summed E-state index contributed by atoms with van der Waals surface area (Å²) in [7, 11) is 1.58. The molecule has 1 aliphatic heterocycles. The summed E-state index contributed by atoms with van der Waals surface area (Å²) in [4.78, 5) is 24.9. The van der Waals surface area contributed by atoms with Gasteiger partial charge >= 0.3 is 5.97 Å². The number of methoxy groups -OCH3 is 1. The first-order chi connectivity index (χ1) is 12.0. The lowest BCUT2D eigenvalue weighted by atomic mass is 10.1. The van der Waals surface area contributed by atoms with Crippen molar-refractivity contribution in [3.63, 3.8) is 0 Å². The van der Waals surface area contributed by atoms with Crippen molar-refractivity contribution in [2.24, 2.45) is 0 Å². The maximum absolute atomic E-state index is 12.7. The summed E-state index contributed by atoms with van der Waals surface area (Å²) < 4.78 is 10.5. The lowest BCUT2D eigenvalue weighted by Crippen LogP contribution is -2.34. The molecular formula is C18H16ClNO4S. The highest BCUT2D eigenvalue weighted by molar-refractivity contribution is 8.00. The van der Waals surface area contributed by atoms with Gasteiger partial charge in [0.15, 0.2) is 6.10 Å². The third kappa shape index (κ3) is 3.75. The molecule has 0 saturated heterocycles. The van der Waals surface area contributed by atoms with Gasteiger partial charge in [0.05, 0.1) is 28.0 Å². The summed E-state index contributed by atoms with van der Waals surface area (Å²) >= 11 is 7.71. The minimum absolute atomic E-state index is 0.385. The zero-order valence-electron chi connectivity index (χ0n) is 13.6. The Labute approximate surface area is 154 Å². The van der Waals surface area contributed by atoms with E-state index in [0.29, 0.717) is 16.5 Å². The van der Waals surface area contributed by atoms with Crippen molar-refractivity contribution >= 4 is 40.9 Å². The highest BCUT2D eigenvalue weighted by Gasteiger charge is 2.37. The Balaban J connectivity index is 2.06. The Kier molecular flexibility index (Phi) is 5.20. The summed E-state index contributed by atoms with van der Waals surface area (Å²) in [5.41, 5.74) is 1.44. The molecule has 25 heavy (non-hydrogen) atoms. The van der Waals surface area contributed by atoms with Gasteiger partial charge < -0.3 is 14.8 Å². The molecule has 2 aromatic carbocycles. The fraction of sp³-hybridized carbons (Fsp3) is 0.222. The van der Waals surface area contributed by atoms with Crippen LogP contribution in [-0.4, -0.2) is 25.1 Å². The van der Waals surface area contributed by atoms with Crippen LogP contribution in [0.25, 0.3) is 0 Å². The fourth-order valence-corrected chi connectivity index (χ4v) is 4.17. The van der Waals surface area contributed by atoms with E-state index in [1.54, 1.807) is 37.4 Å². The van der Waals surface area contributed by atoms with Crippen LogP contribution in [-0.2, 0) is 14.3 Å².